The molecule has 0 heterocycles. The summed E-state index contributed by atoms with van der Waals surface area (Å²) in [6.07, 6.45) is -0.949. The molecule has 1 unspecified atom stereocenters. The molecular formula is C15H32N2O9. The number of carbonyl (C=O) groups is 3. The highest BCUT2D eigenvalue weighted by Crippen LogP contribution is 1.97. The molecule has 0 spiro atoms. The zero-order valence-electron chi connectivity index (χ0n) is 15.4. The Balaban J connectivity index is -0.000000319. The van der Waals surface area contributed by atoms with Crippen molar-refractivity contribution in [1.29, 1.82) is 0 Å². The van der Waals surface area contributed by atoms with Gasteiger partial charge in [-0.2, -0.15) is 0 Å². The summed E-state index contributed by atoms with van der Waals surface area (Å²) in [6, 6.07) is -0.893. The summed E-state index contributed by atoms with van der Waals surface area (Å²) < 4.78 is 0.550. The first-order chi connectivity index (χ1) is 11.8. The minimum atomic E-state index is -1.20. The van der Waals surface area contributed by atoms with Gasteiger partial charge in [0.25, 0.3) is 0 Å². The predicted molar refractivity (Wildman–Crippen MR) is 89.6 cm³/mol. The van der Waals surface area contributed by atoms with Gasteiger partial charge < -0.3 is 50.4 Å². The van der Waals surface area contributed by atoms with Crippen LogP contribution < -0.4 is 10.8 Å². The Kier molecular flexibility index (Phi) is 18.9. The van der Waals surface area contributed by atoms with Gasteiger partial charge in [0.2, 0.25) is 0 Å². The minimum Gasteiger partial charge on any atom is -0.550 e. The van der Waals surface area contributed by atoms with E-state index < -0.39 is 30.2 Å². The Morgan fingerprint density at radius 1 is 1.12 bits per heavy atom. The van der Waals surface area contributed by atoms with E-state index in [0.29, 0.717) is 17.3 Å². The summed E-state index contributed by atoms with van der Waals surface area (Å²) >= 11 is 0. The van der Waals surface area contributed by atoms with Gasteiger partial charge in [-0.05, 0) is 6.42 Å². The molecule has 0 aliphatic rings. The molecule has 7 N–H and O–H groups in total. The molecule has 0 bridgehead atoms. The van der Waals surface area contributed by atoms with E-state index in [1.165, 1.54) is 0 Å². The van der Waals surface area contributed by atoms with Gasteiger partial charge >= 0.3 is 5.97 Å². The lowest BCUT2D eigenvalue weighted by Crippen LogP contribution is -2.43. The summed E-state index contributed by atoms with van der Waals surface area (Å²) in [5, 5.41) is 51.3. The zero-order valence-corrected chi connectivity index (χ0v) is 15.4. The van der Waals surface area contributed by atoms with Crippen LogP contribution >= 0.6 is 0 Å². The first kappa shape index (κ1) is 29.1. The van der Waals surface area contributed by atoms with Gasteiger partial charge in [-0.1, -0.05) is 0 Å². The van der Waals surface area contributed by atoms with E-state index in [0.717, 1.165) is 0 Å². The average Bonchev–Trinajstić information content (AvgIpc) is 2.50. The minimum absolute atomic E-state index is 0.216. The maximum absolute atomic E-state index is 10.0. The topological polar surface area (TPSA) is 201 Å². The second kappa shape index (κ2) is 16.8. The van der Waals surface area contributed by atoms with Crippen molar-refractivity contribution < 1.29 is 49.5 Å². The first-order valence-electron chi connectivity index (χ1n) is 7.80. The average molecular weight is 384 g/mol. The second-order valence-electron chi connectivity index (χ2n) is 6.41. The number of carboxylic acid groups (broad SMARTS) is 2. The van der Waals surface area contributed by atoms with Crippen LogP contribution in [-0.4, -0.2) is 107 Å². The number of hydrogen-bond acceptors (Lipinski definition) is 9. The highest BCUT2D eigenvalue weighted by molar-refractivity contribution is 5.73. The molecule has 11 heteroatoms. The smallest absolute Gasteiger partial charge is 0.320 e. The third kappa shape index (κ3) is 27.2. The molecule has 0 aliphatic heterocycles. The quantitative estimate of drug-likeness (QED) is 0.159. The third-order valence-corrected chi connectivity index (χ3v) is 2.49. The Morgan fingerprint density at radius 3 is 1.81 bits per heavy atom. The van der Waals surface area contributed by atoms with Crippen molar-refractivity contribution in [2.75, 3.05) is 40.9 Å². The highest BCUT2D eigenvalue weighted by Gasteiger charge is 2.14. The number of quaternary nitrogens is 1. The van der Waals surface area contributed by atoms with Crippen molar-refractivity contribution in [3.05, 3.63) is 0 Å². The Bertz CT molecular complexity index is 382. The van der Waals surface area contributed by atoms with E-state index >= 15 is 0 Å². The first-order valence-corrected chi connectivity index (χ1v) is 7.80. The van der Waals surface area contributed by atoms with Crippen molar-refractivity contribution in [1.82, 2.24) is 0 Å². The van der Waals surface area contributed by atoms with Crippen LogP contribution in [0.1, 0.15) is 19.3 Å². The molecule has 0 aromatic rings. The fourth-order valence-corrected chi connectivity index (χ4v) is 1.32. The number of aliphatic hydroxyl groups excluding tert-OH is 4. The van der Waals surface area contributed by atoms with Crippen LogP contribution in [0.5, 0.6) is 0 Å². The standard InChI is InChI=1S/C7H15NO3.C5H9NO3.C3H8O3/c1-8(2,3)5-6(9)4-7(10)11;6-4(5(8)9)2-1-3-7;4-1-3(6)2-5/h6,9H,4-5H2,1-3H3;3-4H,1-2,6H2,(H,8,9);3-6H,1-2H2/t;4-;/m.0./s1. The van der Waals surface area contributed by atoms with Crippen molar-refractivity contribution >= 4 is 18.2 Å². The maximum atomic E-state index is 10.0. The normalized spacial score (nSPS) is 12.8. The number of nitrogens with two attached hydrogens (primary N) is 1. The summed E-state index contributed by atoms with van der Waals surface area (Å²) in [7, 11) is 5.66. The molecule has 156 valence electrons. The van der Waals surface area contributed by atoms with Gasteiger partial charge in [0.05, 0.1) is 34.4 Å². The molecule has 2 atom stereocenters. The molecule has 0 aromatic carbocycles. The molecule has 0 amide bonds. The summed E-state index contributed by atoms with van der Waals surface area (Å²) in [5.74, 6) is -2.26. The summed E-state index contributed by atoms with van der Waals surface area (Å²) in [5.41, 5.74) is 5.04. The molecule has 0 rings (SSSR count). The lowest BCUT2D eigenvalue weighted by Gasteiger charge is -2.26. The molecule has 11 nitrogen and oxygen atoms in total. The van der Waals surface area contributed by atoms with Crippen LogP contribution in [0, 0.1) is 0 Å². The third-order valence-electron chi connectivity index (χ3n) is 2.49. The van der Waals surface area contributed by atoms with E-state index in [1.807, 2.05) is 21.1 Å². The van der Waals surface area contributed by atoms with E-state index in [1.54, 1.807) is 0 Å². The lowest BCUT2D eigenvalue weighted by molar-refractivity contribution is -0.873. The number of aliphatic carboxylic acids is 2. The fraction of sp³-hybridized carbons (Fsp3) is 0.800. The van der Waals surface area contributed by atoms with Crippen LogP contribution in [0.2, 0.25) is 0 Å². The van der Waals surface area contributed by atoms with Crippen LogP contribution in [-0.2, 0) is 14.4 Å². The largest absolute Gasteiger partial charge is 0.550 e. The number of carboxylic acids is 2. The molecular weight excluding hydrogens is 352 g/mol. The molecule has 0 aromatic heterocycles. The fourth-order valence-electron chi connectivity index (χ4n) is 1.32. The lowest BCUT2D eigenvalue weighted by atomic mass is 10.2. The van der Waals surface area contributed by atoms with Crippen LogP contribution in [0.15, 0.2) is 0 Å². The van der Waals surface area contributed by atoms with Gasteiger partial charge in [-0.15, -0.1) is 0 Å². The van der Waals surface area contributed by atoms with E-state index in [4.69, 9.17) is 31.3 Å². The number of hydrogen-bond donors (Lipinski definition) is 6. The van der Waals surface area contributed by atoms with Crippen molar-refractivity contribution in [2.24, 2.45) is 5.73 Å². The van der Waals surface area contributed by atoms with Gasteiger partial charge in [0.1, 0.15) is 31.1 Å². The van der Waals surface area contributed by atoms with Gasteiger partial charge in [-0.3, -0.25) is 4.79 Å². The molecule has 0 fully saturated rings. The van der Waals surface area contributed by atoms with Crippen molar-refractivity contribution in [3.63, 3.8) is 0 Å². The number of aliphatic hydroxyl groups is 4. The van der Waals surface area contributed by atoms with Crippen LogP contribution in [0.3, 0.4) is 0 Å². The SMILES string of the molecule is C[N+](C)(C)CC(O)CC(=O)[O-].N[C@@H](CCC=O)C(=O)O.OCC(O)CO. The van der Waals surface area contributed by atoms with Crippen molar-refractivity contribution in [3.8, 4) is 0 Å². The Hall–Kier alpha value is -1.63. The summed E-state index contributed by atoms with van der Waals surface area (Å²) in [6.45, 7) is -0.305. The Labute approximate surface area is 152 Å². The number of nitrogens with zero attached hydrogens (tertiary/aromatic N) is 1. The molecule has 0 radical (unpaired) electrons. The van der Waals surface area contributed by atoms with E-state index in [-0.39, 0.29) is 32.5 Å². The van der Waals surface area contributed by atoms with Crippen LogP contribution in [0.4, 0.5) is 0 Å². The monoisotopic (exact) mass is 384 g/mol. The van der Waals surface area contributed by atoms with E-state index in [9.17, 15) is 19.5 Å². The zero-order chi connectivity index (χ0) is 21.3. The highest BCUT2D eigenvalue weighted by atomic mass is 16.4. The summed E-state index contributed by atoms with van der Waals surface area (Å²) in [4.78, 5) is 29.7. The van der Waals surface area contributed by atoms with Gasteiger partial charge in [0.15, 0.2) is 0 Å². The number of carbonyl (C=O) groups excluding carboxylic acids is 2. The number of rotatable bonds is 10. The Morgan fingerprint density at radius 2 is 1.58 bits per heavy atom. The second-order valence-corrected chi connectivity index (χ2v) is 6.41. The number of aldehydes is 1. The van der Waals surface area contributed by atoms with E-state index in [2.05, 4.69) is 0 Å². The number of likely N-dealkylation sites (N-methyl/N-ethyl adjacent to an activating group) is 1. The van der Waals surface area contributed by atoms with Gasteiger partial charge in [-0.25, -0.2) is 0 Å². The molecule has 26 heavy (non-hydrogen) atoms. The molecule has 0 saturated heterocycles. The van der Waals surface area contributed by atoms with Gasteiger partial charge in [0, 0.05) is 18.8 Å². The molecule has 0 saturated carbocycles. The van der Waals surface area contributed by atoms with Crippen molar-refractivity contribution in [2.45, 2.75) is 37.5 Å². The maximum Gasteiger partial charge on any atom is 0.320 e. The van der Waals surface area contributed by atoms with Crippen LogP contribution in [0.25, 0.3) is 0 Å². The molecule has 0 aliphatic carbocycles. The predicted octanol–water partition coefficient (Wildman–Crippen LogP) is -4.10.